The van der Waals surface area contributed by atoms with Gasteiger partial charge in [-0.2, -0.15) is 0 Å². The molecule has 0 spiro atoms. The number of aliphatic imine (C=N–C) groups is 1. The predicted octanol–water partition coefficient (Wildman–Crippen LogP) is 25.6. The number of rotatable bonds is 23. The van der Waals surface area contributed by atoms with Crippen molar-refractivity contribution in [3.8, 4) is 0 Å². The molecule has 0 aliphatic carbocycles. The van der Waals surface area contributed by atoms with Crippen LogP contribution >= 0.6 is 0 Å². The molecule has 0 radical (unpaired) electrons. The summed E-state index contributed by atoms with van der Waals surface area (Å²) in [6.07, 6.45) is 5.64. The van der Waals surface area contributed by atoms with Gasteiger partial charge in [-0.05, 0) is 231 Å². The molecule has 14 aromatic carbocycles. The maximum atomic E-state index is 5.45. The molecule has 7 nitrogen and oxygen atoms in total. The topological polar surface area (TPSA) is 31.8 Å². The predicted molar refractivity (Wildman–Crippen MR) is 415 cm³/mol. The highest BCUT2D eigenvalue weighted by molar-refractivity contribution is 6.14. The molecule has 7 heteroatoms. The molecule has 0 amide bonds. The molecule has 470 valence electrons. The van der Waals surface area contributed by atoms with Crippen molar-refractivity contribution in [3.63, 3.8) is 0 Å². The molecule has 14 aromatic rings. The fraction of sp³-hybridized carbons (Fsp3) is 0. The van der Waals surface area contributed by atoms with Gasteiger partial charge in [-0.25, -0.2) is 4.99 Å². The highest BCUT2D eigenvalue weighted by atomic mass is 15.2. The van der Waals surface area contributed by atoms with Crippen LogP contribution in [0.25, 0.3) is 0 Å². The fourth-order valence-electron chi connectivity index (χ4n) is 12.5. The SMILES string of the molecule is C=C/C=C(\C=C)N(c1ccccc1)c1ccc(N(c2ccc(C(=Nc3ccccc3)c3ccc(N(c4ccc(N(c5ccccc5)c5ccccc5)cc4)c4ccc(N(c5ccccc5)c5ccccc5)cc4)cc3)cc2)c2ccc(N(c3ccccc3)c3ccccc3)cc2)cc1. The zero-order valence-electron chi connectivity index (χ0n) is 54.2. The molecule has 0 N–H and O–H groups in total. The van der Waals surface area contributed by atoms with Crippen LogP contribution in [0.15, 0.2) is 430 Å². The summed E-state index contributed by atoms with van der Waals surface area (Å²) < 4.78 is 0. The Morgan fingerprint density at radius 3 is 0.622 bits per heavy atom. The third-order valence-electron chi connectivity index (χ3n) is 17.1. The van der Waals surface area contributed by atoms with Crippen molar-refractivity contribution in [2.24, 2.45) is 4.99 Å². The molecular weight excluding hydrogens is 1190 g/mol. The summed E-state index contributed by atoms with van der Waals surface area (Å²) in [5.41, 5.74) is 22.1. The van der Waals surface area contributed by atoms with Crippen LogP contribution in [0, 0.1) is 0 Å². The van der Waals surface area contributed by atoms with Gasteiger partial charge in [0.15, 0.2) is 0 Å². The molecule has 0 heterocycles. The zero-order chi connectivity index (χ0) is 66.2. The molecule has 0 saturated heterocycles. The number of allylic oxidation sites excluding steroid dienone is 3. The average molecular weight is 1260 g/mol. The Kier molecular flexibility index (Phi) is 18.9. The molecule has 0 fully saturated rings. The minimum Gasteiger partial charge on any atom is -0.311 e. The Morgan fingerprint density at radius 2 is 0.398 bits per heavy atom. The van der Waals surface area contributed by atoms with Gasteiger partial charge in [0.1, 0.15) is 0 Å². The Morgan fingerprint density at radius 1 is 0.214 bits per heavy atom. The lowest BCUT2D eigenvalue weighted by molar-refractivity contribution is 1.20. The number of hydrogen-bond acceptors (Lipinski definition) is 7. The van der Waals surface area contributed by atoms with Crippen LogP contribution in [0.4, 0.5) is 102 Å². The quantitative estimate of drug-likeness (QED) is 0.0469. The first-order valence-corrected chi connectivity index (χ1v) is 32.9. The Bertz CT molecular complexity index is 4680. The van der Waals surface area contributed by atoms with Crippen LogP contribution in [0.5, 0.6) is 0 Å². The van der Waals surface area contributed by atoms with Crippen molar-refractivity contribution in [1.29, 1.82) is 0 Å². The van der Waals surface area contributed by atoms with E-state index in [0.717, 1.165) is 125 Å². The van der Waals surface area contributed by atoms with E-state index in [9.17, 15) is 0 Å². The van der Waals surface area contributed by atoms with E-state index in [2.05, 4.69) is 407 Å². The molecule has 14 rings (SSSR count). The van der Waals surface area contributed by atoms with Crippen molar-refractivity contribution in [3.05, 3.63) is 436 Å². The number of benzene rings is 14. The fourth-order valence-corrected chi connectivity index (χ4v) is 12.5. The first-order chi connectivity index (χ1) is 48.5. The van der Waals surface area contributed by atoms with Crippen molar-refractivity contribution in [1.82, 2.24) is 0 Å². The monoisotopic (exact) mass is 1260 g/mol. The molecular formula is C91H71N7. The number of para-hydroxylation sites is 8. The van der Waals surface area contributed by atoms with Gasteiger partial charge in [-0.15, -0.1) is 0 Å². The normalized spacial score (nSPS) is 11.3. The van der Waals surface area contributed by atoms with Crippen LogP contribution in [-0.4, -0.2) is 5.71 Å². The molecule has 0 unspecified atom stereocenters. The average Bonchev–Trinajstić information content (AvgIpc) is 0.796. The maximum absolute atomic E-state index is 5.45. The standard InChI is InChI=1S/C91H71N7/c1-3-29-73(4-2)93(74-32-15-6-16-33-74)83-54-56-87(57-55-83)97(88-64-58-84(59-65-88)94(75-34-17-7-18-35-75)76-36-19-8-20-37-76)81-50-46-70(47-51-81)91(92-72-30-13-5-14-31-72)71-48-52-82(53-49-71)98(89-66-60-85(61-67-89)95(77-38-21-9-22-39-77)78-40-23-10-24-41-78)90-68-62-86(63-69-90)96(79-42-25-11-26-43-79)80-44-27-12-28-45-80/h3-69H,1-2H2/b73-29+,92-91?. The molecule has 0 saturated carbocycles. The number of nitrogens with zero attached hydrogens (tertiary/aromatic N) is 7. The lowest BCUT2D eigenvalue weighted by atomic mass is 10.0. The van der Waals surface area contributed by atoms with Crippen molar-refractivity contribution >= 4 is 108 Å². The second kappa shape index (κ2) is 29.8. The van der Waals surface area contributed by atoms with Crippen LogP contribution < -0.4 is 29.4 Å². The first kappa shape index (κ1) is 62.2. The summed E-state index contributed by atoms with van der Waals surface area (Å²) in [5.74, 6) is 0. The van der Waals surface area contributed by atoms with Gasteiger partial charge in [0.05, 0.1) is 11.4 Å². The smallest absolute Gasteiger partial charge is 0.0781 e. The lowest BCUT2D eigenvalue weighted by Gasteiger charge is -2.30. The van der Waals surface area contributed by atoms with Crippen LogP contribution in [0.2, 0.25) is 0 Å². The summed E-state index contributed by atoms with van der Waals surface area (Å²) >= 11 is 0. The molecule has 0 aliphatic heterocycles. The largest absolute Gasteiger partial charge is 0.311 e. The third-order valence-corrected chi connectivity index (χ3v) is 17.1. The van der Waals surface area contributed by atoms with E-state index >= 15 is 0 Å². The van der Waals surface area contributed by atoms with Gasteiger partial charge < -0.3 is 29.4 Å². The van der Waals surface area contributed by atoms with Crippen molar-refractivity contribution in [2.75, 3.05) is 29.4 Å². The van der Waals surface area contributed by atoms with Gasteiger partial charge in [0, 0.05) is 114 Å². The lowest BCUT2D eigenvalue weighted by Crippen LogP contribution is -2.15. The summed E-state index contributed by atoms with van der Waals surface area (Å²) in [6.45, 7) is 8.22. The Labute approximate surface area is 575 Å². The molecule has 98 heavy (non-hydrogen) atoms. The summed E-state index contributed by atoms with van der Waals surface area (Å²) in [4.78, 5) is 19.2. The molecule has 0 bridgehead atoms. The second-order valence-corrected chi connectivity index (χ2v) is 23.3. The van der Waals surface area contributed by atoms with Crippen molar-refractivity contribution < 1.29 is 0 Å². The summed E-state index contributed by atoms with van der Waals surface area (Å²) in [6, 6.07) is 137. The van der Waals surface area contributed by atoms with Crippen molar-refractivity contribution in [2.45, 2.75) is 0 Å². The summed E-state index contributed by atoms with van der Waals surface area (Å²) in [7, 11) is 0. The molecule has 0 aromatic heterocycles. The Balaban J connectivity index is 0.845. The highest BCUT2D eigenvalue weighted by Gasteiger charge is 2.22. The Hall–Kier alpha value is -13.2. The van der Waals surface area contributed by atoms with E-state index in [1.807, 2.05) is 36.4 Å². The first-order valence-electron chi connectivity index (χ1n) is 32.9. The minimum atomic E-state index is 0.840. The van der Waals surface area contributed by atoms with Gasteiger partial charge >= 0.3 is 0 Å². The van der Waals surface area contributed by atoms with E-state index in [4.69, 9.17) is 4.99 Å². The van der Waals surface area contributed by atoms with E-state index < -0.39 is 0 Å². The maximum Gasteiger partial charge on any atom is 0.0781 e. The van der Waals surface area contributed by atoms with E-state index in [1.165, 1.54) is 0 Å². The van der Waals surface area contributed by atoms with E-state index in [-0.39, 0.29) is 0 Å². The van der Waals surface area contributed by atoms with Gasteiger partial charge in [-0.3, -0.25) is 0 Å². The van der Waals surface area contributed by atoms with Gasteiger partial charge in [-0.1, -0.05) is 189 Å². The minimum absolute atomic E-state index is 0.840. The van der Waals surface area contributed by atoms with Gasteiger partial charge in [0.25, 0.3) is 0 Å². The highest BCUT2D eigenvalue weighted by Crippen LogP contribution is 2.44. The molecule has 0 atom stereocenters. The number of hydrogen-bond donors (Lipinski definition) is 0. The van der Waals surface area contributed by atoms with Gasteiger partial charge in [0.2, 0.25) is 0 Å². The van der Waals surface area contributed by atoms with E-state index in [1.54, 1.807) is 6.08 Å². The van der Waals surface area contributed by atoms with Crippen LogP contribution in [0.3, 0.4) is 0 Å². The zero-order valence-corrected chi connectivity index (χ0v) is 54.2. The van der Waals surface area contributed by atoms with E-state index in [0.29, 0.717) is 0 Å². The van der Waals surface area contributed by atoms with Crippen LogP contribution in [-0.2, 0) is 0 Å². The molecule has 0 aliphatic rings. The third kappa shape index (κ3) is 13.9. The number of anilines is 17. The van der Waals surface area contributed by atoms with Crippen LogP contribution in [0.1, 0.15) is 11.1 Å². The second-order valence-electron chi connectivity index (χ2n) is 23.3. The summed E-state index contributed by atoms with van der Waals surface area (Å²) in [5, 5.41) is 0.